The molecule has 2 rings (SSSR count). The number of carbonyl (C=O) groups is 2. The summed E-state index contributed by atoms with van der Waals surface area (Å²) in [5.41, 5.74) is 1.93. The third-order valence-corrected chi connectivity index (χ3v) is 3.92. The number of urea groups is 1. The fraction of sp³-hybridized carbons (Fsp3) is 0.529. The average Bonchev–Trinajstić information content (AvgIpc) is 2.56. The summed E-state index contributed by atoms with van der Waals surface area (Å²) in [5, 5.41) is 5.72. The highest BCUT2D eigenvalue weighted by Gasteiger charge is 2.20. The molecule has 0 atom stereocenters. The van der Waals surface area contributed by atoms with Gasteiger partial charge in [0.25, 0.3) is 0 Å². The maximum Gasteiger partial charge on any atom is 0.317 e. The van der Waals surface area contributed by atoms with Crippen LogP contribution in [0.2, 0.25) is 0 Å². The van der Waals surface area contributed by atoms with Crippen LogP contribution >= 0.6 is 0 Å². The van der Waals surface area contributed by atoms with Gasteiger partial charge < -0.3 is 20.4 Å². The largest absolute Gasteiger partial charge is 0.368 e. The molecule has 0 bridgehead atoms. The SMILES string of the molecule is CCNC(=O)N1CCN(c2ccc(NC(=O)C(C)C)cc2)CC1. The molecule has 1 aliphatic rings. The van der Waals surface area contributed by atoms with Crippen molar-refractivity contribution in [2.24, 2.45) is 5.92 Å². The fourth-order valence-electron chi connectivity index (χ4n) is 2.47. The zero-order chi connectivity index (χ0) is 16.8. The van der Waals surface area contributed by atoms with Crippen molar-refractivity contribution in [3.8, 4) is 0 Å². The van der Waals surface area contributed by atoms with Gasteiger partial charge in [-0.1, -0.05) is 13.8 Å². The topological polar surface area (TPSA) is 64.7 Å². The molecule has 0 spiro atoms. The van der Waals surface area contributed by atoms with E-state index in [9.17, 15) is 9.59 Å². The first-order chi connectivity index (χ1) is 11.0. The van der Waals surface area contributed by atoms with Crippen molar-refractivity contribution >= 4 is 23.3 Å². The molecule has 1 aliphatic heterocycles. The van der Waals surface area contributed by atoms with Crippen molar-refractivity contribution in [1.29, 1.82) is 0 Å². The van der Waals surface area contributed by atoms with Gasteiger partial charge in [-0.3, -0.25) is 4.79 Å². The number of hydrogen-bond donors (Lipinski definition) is 2. The number of nitrogens with zero attached hydrogens (tertiary/aromatic N) is 2. The number of piperazine rings is 1. The van der Waals surface area contributed by atoms with Crippen LogP contribution in [-0.2, 0) is 4.79 Å². The third-order valence-electron chi connectivity index (χ3n) is 3.92. The van der Waals surface area contributed by atoms with Crippen LogP contribution in [0.4, 0.5) is 16.2 Å². The van der Waals surface area contributed by atoms with E-state index in [1.165, 1.54) is 0 Å². The lowest BCUT2D eigenvalue weighted by atomic mass is 10.2. The van der Waals surface area contributed by atoms with E-state index in [2.05, 4.69) is 15.5 Å². The lowest BCUT2D eigenvalue weighted by molar-refractivity contribution is -0.118. The second kappa shape index (κ2) is 7.85. The minimum Gasteiger partial charge on any atom is -0.368 e. The van der Waals surface area contributed by atoms with Crippen molar-refractivity contribution in [2.45, 2.75) is 20.8 Å². The molecule has 1 aromatic rings. The lowest BCUT2D eigenvalue weighted by Gasteiger charge is -2.36. The Hall–Kier alpha value is -2.24. The van der Waals surface area contributed by atoms with Gasteiger partial charge in [0.15, 0.2) is 0 Å². The van der Waals surface area contributed by atoms with Crippen LogP contribution in [0.3, 0.4) is 0 Å². The molecule has 1 fully saturated rings. The van der Waals surface area contributed by atoms with Gasteiger partial charge in [0.2, 0.25) is 5.91 Å². The molecular weight excluding hydrogens is 292 g/mol. The highest BCUT2D eigenvalue weighted by molar-refractivity contribution is 5.92. The van der Waals surface area contributed by atoms with Crippen LogP contribution in [0.25, 0.3) is 0 Å². The van der Waals surface area contributed by atoms with E-state index in [-0.39, 0.29) is 17.9 Å². The van der Waals surface area contributed by atoms with Gasteiger partial charge in [-0.15, -0.1) is 0 Å². The summed E-state index contributed by atoms with van der Waals surface area (Å²) in [7, 11) is 0. The van der Waals surface area contributed by atoms with E-state index in [1.807, 2.05) is 49.9 Å². The van der Waals surface area contributed by atoms with Crippen LogP contribution in [0.1, 0.15) is 20.8 Å². The monoisotopic (exact) mass is 318 g/mol. The smallest absolute Gasteiger partial charge is 0.317 e. The molecule has 1 aromatic carbocycles. The van der Waals surface area contributed by atoms with Crippen molar-refractivity contribution in [3.05, 3.63) is 24.3 Å². The van der Waals surface area contributed by atoms with E-state index in [0.29, 0.717) is 6.54 Å². The minimum atomic E-state index is -0.0305. The van der Waals surface area contributed by atoms with Gasteiger partial charge in [-0.25, -0.2) is 4.79 Å². The van der Waals surface area contributed by atoms with E-state index in [1.54, 1.807) is 0 Å². The van der Waals surface area contributed by atoms with Gasteiger partial charge in [0.1, 0.15) is 0 Å². The van der Waals surface area contributed by atoms with Crippen molar-refractivity contribution in [3.63, 3.8) is 0 Å². The summed E-state index contributed by atoms with van der Waals surface area (Å²) in [4.78, 5) is 27.6. The predicted molar refractivity (Wildman–Crippen MR) is 92.8 cm³/mol. The fourth-order valence-corrected chi connectivity index (χ4v) is 2.47. The Kier molecular flexibility index (Phi) is 5.84. The molecular formula is C17H26N4O2. The van der Waals surface area contributed by atoms with Crippen LogP contribution in [0.5, 0.6) is 0 Å². The van der Waals surface area contributed by atoms with Crippen molar-refractivity contribution in [2.75, 3.05) is 42.9 Å². The standard InChI is InChI=1S/C17H26N4O2/c1-4-18-17(23)21-11-9-20(10-12-21)15-7-5-14(6-8-15)19-16(22)13(2)3/h5-8,13H,4,9-12H2,1-3H3,(H,18,23)(H,19,22). The maximum absolute atomic E-state index is 11.8. The van der Waals surface area contributed by atoms with Crippen molar-refractivity contribution in [1.82, 2.24) is 10.2 Å². The van der Waals surface area contributed by atoms with E-state index < -0.39 is 0 Å². The maximum atomic E-state index is 11.8. The highest BCUT2D eigenvalue weighted by atomic mass is 16.2. The summed E-state index contributed by atoms with van der Waals surface area (Å²) in [6, 6.07) is 7.88. The number of amides is 3. The molecule has 2 N–H and O–H groups in total. The Labute approximate surface area is 137 Å². The molecule has 0 aromatic heterocycles. The molecule has 0 unspecified atom stereocenters. The van der Waals surface area contributed by atoms with Crippen LogP contribution in [-0.4, -0.2) is 49.6 Å². The van der Waals surface area contributed by atoms with Gasteiger partial charge in [0.05, 0.1) is 0 Å². The van der Waals surface area contributed by atoms with Crippen LogP contribution < -0.4 is 15.5 Å². The van der Waals surface area contributed by atoms with Crippen LogP contribution in [0, 0.1) is 5.92 Å². The Bertz CT molecular complexity index is 534. The average molecular weight is 318 g/mol. The second-order valence-electron chi connectivity index (χ2n) is 6.00. The normalized spacial score (nSPS) is 14.8. The first-order valence-electron chi connectivity index (χ1n) is 8.20. The molecule has 0 saturated carbocycles. The predicted octanol–water partition coefficient (Wildman–Crippen LogP) is 2.13. The van der Waals surface area contributed by atoms with Gasteiger partial charge in [-0.2, -0.15) is 0 Å². The lowest BCUT2D eigenvalue weighted by Crippen LogP contribution is -2.51. The number of nitrogens with one attached hydrogen (secondary N) is 2. The molecule has 23 heavy (non-hydrogen) atoms. The van der Waals surface area contributed by atoms with Gasteiger partial charge >= 0.3 is 6.03 Å². The van der Waals surface area contributed by atoms with E-state index >= 15 is 0 Å². The third kappa shape index (κ3) is 4.61. The molecule has 1 heterocycles. The molecule has 126 valence electrons. The number of hydrogen-bond acceptors (Lipinski definition) is 3. The summed E-state index contributed by atoms with van der Waals surface area (Å²) in [6.45, 7) is 9.39. The van der Waals surface area contributed by atoms with Gasteiger partial charge in [0, 0.05) is 50.0 Å². The molecule has 6 nitrogen and oxygen atoms in total. The van der Waals surface area contributed by atoms with Crippen LogP contribution in [0.15, 0.2) is 24.3 Å². The first kappa shape index (κ1) is 17.1. The second-order valence-corrected chi connectivity index (χ2v) is 6.00. The number of rotatable bonds is 4. The minimum absolute atomic E-state index is 0.0129. The molecule has 1 saturated heterocycles. The zero-order valence-electron chi connectivity index (χ0n) is 14.1. The molecule has 3 amide bonds. The Morgan fingerprint density at radius 3 is 2.22 bits per heavy atom. The number of carbonyl (C=O) groups excluding carboxylic acids is 2. The number of anilines is 2. The quantitative estimate of drug-likeness (QED) is 0.894. The Morgan fingerprint density at radius 2 is 1.70 bits per heavy atom. The summed E-state index contributed by atoms with van der Waals surface area (Å²) < 4.78 is 0. The molecule has 0 aliphatic carbocycles. The highest BCUT2D eigenvalue weighted by Crippen LogP contribution is 2.20. The Morgan fingerprint density at radius 1 is 1.09 bits per heavy atom. The molecule has 6 heteroatoms. The summed E-state index contributed by atoms with van der Waals surface area (Å²) in [6.07, 6.45) is 0. The van der Waals surface area contributed by atoms with Crippen molar-refractivity contribution < 1.29 is 9.59 Å². The number of benzene rings is 1. The zero-order valence-corrected chi connectivity index (χ0v) is 14.1. The molecule has 0 radical (unpaired) electrons. The van der Waals surface area contributed by atoms with Gasteiger partial charge in [-0.05, 0) is 31.2 Å². The summed E-state index contributed by atoms with van der Waals surface area (Å²) >= 11 is 0. The van der Waals surface area contributed by atoms with E-state index in [0.717, 1.165) is 37.6 Å². The Balaban J connectivity index is 1.89. The van der Waals surface area contributed by atoms with E-state index in [4.69, 9.17) is 0 Å². The first-order valence-corrected chi connectivity index (χ1v) is 8.20. The summed E-state index contributed by atoms with van der Waals surface area (Å²) in [5.74, 6) is -0.00896.